The Morgan fingerprint density at radius 3 is 2.69 bits per heavy atom. The zero-order valence-electron chi connectivity index (χ0n) is 19.1. The van der Waals surface area contributed by atoms with Crippen molar-refractivity contribution in [3.8, 4) is 17.3 Å². The van der Waals surface area contributed by atoms with E-state index in [-0.39, 0.29) is 16.7 Å². The van der Waals surface area contributed by atoms with Crippen LogP contribution in [0.3, 0.4) is 0 Å². The molecule has 1 aliphatic rings. The van der Waals surface area contributed by atoms with E-state index in [9.17, 15) is 8.78 Å². The van der Waals surface area contributed by atoms with Crippen molar-refractivity contribution in [2.75, 3.05) is 24.9 Å². The predicted molar refractivity (Wildman–Crippen MR) is 134 cm³/mol. The van der Waals surface area contributed by atoms with Crippen LogP contribution in [0.1, 0.15) is 18.5 Å². The van der Waals surface area contributed by atoms with Crippen LogP contribution in [-0.4, -0.2) is 51.3 Å². The van der Waals surface area contributed by atoms with Gasteiger partial charge >= 0.3 is 0 Å². The van der Waals surface area contributed by atoms with E-state index in [1.54, 1.807) is 12.1 Å². The number of rotatable bonds is 6. The number of aromatic amines is 1. The van der Waals surface area contributed by atoms with Crippen molar-refractivity contribution in [3.63, 3.8) is 0 Å². The molecule has 35 heavy (non-hydrogen) atoms. The van der Waals surface area contributed by atoms with Gasteiger partial charge in [0, 0.05) is 29.4 Å². The zero-order chi connectivity index (χ0) is 24.5. The minimum atomic E-state index is -0.530. The Labute approximate surface area is 210 Å². The van der Waals surface area contributed by atoms with Gasteiger partial charge in [-0.05, 0) is 75.2 Å². The molecular formula is C24H23ClF2N6OS. The molecule has 0 bridgehead atoms. The second-order valence-corrected chi connectivity index (χ2v) is 9.78. The summed E-state index contributed by atoms with van der Waals surface area (Å²) >= 11 is 6.87. The number of hydrogen-bond donors (Lipinski definition) is 2. The molecule has 5 rings (SSSR count). The van der Waals surface area contributed by atoms with Gasteiger partial charge in [-0.2, -0.15) is 10.1 Å². The molecule has 0 spiro atoms. The highest BCUT2D eigenvalue weighted by atomic mass is 35.5. The highest BCUT2D eigenvalue weighted by Gasteiger charge is 2.22. The van der Waals surface area contributed by atoms with Crippen LogP contribution < -0.4 is 9.46 Å². The Morgan fingerprint density at radius 1 is 1.11 bits per heavy atom. The first kappa shape index (κ1) is 23.8. The lowest BCUT2D eigenvalue weighted by Gasteiger charge is -2.29. The van der Waals surface area contributed by atoms with Gasteiger partial charge in [-0.15, -0.1) is 0 Å². The number of nitrogens with zero attached hydrogens (tertiary/aromatic N) is 4. The standard InChI is InChI=1S/C24H23ClF2N6OS/c1-13-21-23(31-30-13)28-22(29-24(21)34-16-7-9-33(2)10-8-16)14-3-6-19(18(27)11-14)32-35-20-12-15(25)4-5-17(20)26/h3-6,11-12,16,32H,7-10H2,1-2H3,(H,28,29,30,31). The number of H-pyrrole nitrogens is 1. The molecule has 1 saturated heterocycles. The normalized spacial score (nSPS) is 15.0. The first-order valence-electron chi connectivity index (χ1n) is 11.1. The molecule has 0 saturated carbocycles. The second-order valence-electron chi connectivity index (χ2n) is 8.49. The number of ether oxygens (including phenoxy) is 1. The molecule has 182 valence electrons. The third-order valence-electron chi connectivity index (χ3n) is 5.90. The van der Waals surface area contributed by atoms with Gasteiger partial charge in [0.1, 0.15) is 23.1 Å². The zero-order valence-corrected chi connectivity index (χ0v) is 20.7. The lowest BCUT2D eigenvalue weighted by molar-refractivity contribution is 0.111. The minimum absolute atomic E-state index is 0.0404. The van der Waals surface area contributed by atoms with Crippen LogP contribution in [0.4, 0.5) is 14.5 Å². The molecule has 1 aliphatic heterocycles. The summed E-state index contributed by atoms with van der Waals surface area (Å²) in [5, 5.41) is 8.32. The average molecular weight is 517 g/mol. The van der Waals surface area contributed by atoms with E-state index >= 15 is 0 Å². The van der Waals surface area contributed by atoms with Gasteiger partial charge in [-0.25, -0.2) is 13.8 Å². The Hall–Kier alpha value is -2.95. The molecule has 0 atom stereocenters. The van der Waals surface area contributed by atoms with Crippen molar-refractivity contribution in [3.05, 3.63) is 58.7 Å². The summed E-state index contributed by atoms with van der Waals surface area (Å²) in [7, 11) is 2.09. The molecule has 4 aromatic rings. The number of benzene rings is 2. The fourth-order valence-electron chi connectivity index (χ4n) is 3.91. The number of fused-ring (bicyclic) bond motifs is 1. The van der Waals surface area contributed by atoms with Crippen molar-refractivity contribution in [1.82, 2.24) is 25.1 Å². The summed E-state index contributed by atoms with van der Waals surface area (Å²) in [6.07, 6.45) is 1.83. The number of aromatic nitrogens is 4. The van der Waals surface area contributed by atoms with Crippen molar-refractivity contribution < 1.29 is 13.5 Å². The summed E-state index contributed by atoms with van der Waals surface area (Å²) in [6.45, 7) is 3.79. The molecule has 2 aromatic heterocycles. The van der Waals surface area contributed by atoms with E-state index in [4.69, 9.17) is 16.3 Å². The number of nitrogens with one attached hydrogen (secondary N) is 2. The number of likely N-dealkylation sites (tertiary alicyclic amines) is 1. The largest absolute Gasteiger partial charge is 0.474 e. The molecule has 2 N–H and O–H groups in total. The van der Waals surface area contributed by atoms with Gasteiger partial charge in [0.05, 0.1) is 10.6 Å². The number of hydrogen-bond acceptors (Lipinski definition) is 7. The van der Waals surface area contributed by atoms with Crippen molar-refractivity contribution in [2.45, 2.75) is 30.8 Å². The predicted octanol–water partition coefficient (Wildman–Crippen LogP) is 5.85. The topological polar surface area (TPSA) is 79.0 Å². The quantitative estimate of drug-likeness (QED) is 0.311. The Kier molecular flexibility index (Phi) is 6.77. The van der Waals surface area contributed by atoms with E-state index in [0.717, 1.165) is 49.0 Å². The van der Waals surface area contributed by atoms with Crippen LogP contribution in [0.15, 0.2) is 41.3 Å². The number of halogens is 3. The first-order valence-corrected chi connectivity index (χ1v) is 12.3. The molecule has 0 amide bonds. The fraction of sp³-hybridized carbons (Fsp3) is 0.292. The molecule has 0 unspecified atom stereocenters. The maximum atomic E-state index is 14.9. The van der Waals surface area contributed by atoms with E-state index in [0.29, 0.717) is 27.9 Å². The summed E-state index contributed by atoms with van der Waals surface area (Å²) in [6, 6.07) is 8.78. The van der Waals surface area contributed by atoms with Crippen molar-refractivity contribution in [2.24, 2.45) is 0 Å². The Balaban J connectivity index is 1.40. The van der Waals surface area contributed by atoms with E-state index in [1.165, 1.54) is 24.3 Å². The highest BCUT2D eigenvalue weighted by molar-refractivity contribution is 8.00. The van der Waals surface area contributed by atoms with Crippen LogP contribution in [-0.2, 0) is 0 Å². The molecule has 7 nitrogen and oxygen atoms in total. The molecule has 0 aliphatic carbocycles. The third kappa shape index (κ3) is 5.19. The van der Waals surface area contributed by atoms with Gasteiger partial charge in [0.15, 0.2) is 11.5 Å². The van der Waals surface area contributed by atoms with Crippen molar-refractivity contribution >= 4 is 40.3 Å². The lowest BCUT2D eigenvalue weighted by Crippen LogP contribution is -2.35. The van der Waals surface area contributed by atoms with E-state index in [1.807, 2.05) is 6.92 Å². The smallest absolute Gasteiger partial charge is 0.228 e. The number of piperidine rings is 1. The van der Waals surface area contributed by atoms with Crippen LogP contribution >= 0.6 is 23.5 Å². The lowest BCUT2D eigenvalue weighted by atomic mass is 10.1. The maximum absolute atomic E-state index is 14.9. The van der Waals surface area contributed by atoms with Gasteiger partial charge < -0.3 is 14.4 Å². The molecule has 0 radical (unpaired) electrons. The molecular weight excluding hydrogens is 494 g/mol. The Morgan fingerprint density at radius 2 is 1.91 bits per heavy atom. The molecule has 2 aromatic carbocycles. The molecule has 1 fully saturated rings. The van der Waals surface area contributed by atoms with Crippen molar-refractivity contribution in [1.29, 1.82) is 0 Å². The van der Waals surface area contributed by atoms with Crippen LogP contribution in [0, 0.1) is 18.6 Å². The van der Waals surface area contributed by atoms with E-state index < -0.39 is 11.6 Å². The summed E-state index contributed by atoms with van der Waals surface area (Å²) in [5.74, 6) is -0.222. The second kappa shape index (κ2) is 9.96. The first-order chi connectivity index (χ1) is 16.9. The van der Waals surface area contributed by atoms with Gasteiger partial charge in [-0.3, -0.25) is 5.10 Å². The average Bonchev–Trinajstić information content (AvgIpc) is 3.22. The monoisotopic (exact) mass is 516 g/mol. The summed E-state index contributed by atoms with van der Waals surface area (Å²) in [4.78, 5) is 11.7. The van der Waals surface area contributed by atoms with Gasteiger partial charge in [-0.1, -0.05) is 11.6 Å². The minimum Gasteiger partial charge on any atom is -0.474 e. The summed E-state index contributed by atoms with van der Waals surface area (Å²) in [5.41, 5.74) is 1.94. The van der Waals surface area contributed by atoms with E-state index in [2.05, 4.69) is 36.8 Å². The van der Waals surface area contributed by atoms with Gasteiger partial charge in [0.2, 0.25) is 5.88 Å². The fourth-order valence-corrected chi connectivity index (χ4v) is 4.88. The molecule has 11 heteroatoms. The molecule has 3 heterocycles. The Bertz CT molecular complexity index is 1380. The summed E-state index contributed by atoms with van der Waals surface area (Å²) < 4.78 is 38.0. The maximum Gasteiger partial charge on any atom is 0.228 e. The van der Waals surface area contributed by atoms with Crippen LogP contribution in [0.5, 0.6) is 5.88 Å². The SMILES string of the molecule is Cc1[nH]nc2nc(-c3ccc(NSc4cc(Cl)ccc4F)c(F)c3)nc(OC3CCN(C)CC3)c12. The number of anilines is 1. The number of aryl methyl sites for hydroxylation is 1. The van der Waals surface area contributed by atoms with Gasteiger partial charge in [0.25, 0.3) is 0 Å². The van der Waals surface area contributed by atoms with Crippen LogP contribution in [0.2, 0.25) is 5.02 Å². The third-order valence-corrected chi connectivity index (χ3v) is 6.99. The van der Waals surface area contributed by atoms with Crippen LogP contribution in [0.25, 0.3) is 22.4 Å². The highest BCUT2D eigenvalue weighted by Crippen LogP contribution is 2.32.